The largest absolute Gasteiger partial charge is 0.463 e. The zero-order chi connectivity index (χ0) is 16.7. The van der Waals surface area contributed by atoms with Crippen molar-refractivity contribution in [3.05, 3.63) is 34.6 Å². The van der Waals surface area contributed by atoms with E-state index in [1.165, 1.54) is 4.68 Å². The van der Waals surface area contributed by atoms with Crippen molar-refractivity contribution < 1.29 is 13.9 Å². The molecule has 1 atom stereocenters. The third-order valence-electron chi connectivity index (χ3n) is 4.31. The number of rotatable bonds is 4. The highest BCUT2D eigenvalue weighted by Gasteiger charge is 2.18. The Morgan fingerprint density at radius 3 is 3.12 bits per heavy atom. The Hall–Kier alpha value is -2.61. The average molecular weight is 330 g/mol. The van der Waals surface area contributed by atoms with Crippen LogP contribution < -0.4 is 10.9 Å². The molecule has 0 aromatic carbocycles. The molecule has 8 heteroatoms. The number of nitrogens with one attached hydrogen (secondary N) is 1. The molecule has 126 valence electrons. The fraction of sp³-hybridized carbons (Fsp3) is 0.438. The highest BCUT2D eigenvalue weighted by atomic mass is 16.5. The number of nitrogens with zero attached hydrogens (tertiary/aromatic N) is 3. The van der Waals surface area contributed by atoms with Gasteiger partial charge in [0.15, 0.2) is 5.58 Å². The summed E-state index contributed by atoms with van der Waals surface area (Å²) in [5.74, 6) is 0.368. The third kappa shape index (κ3) is 2.48. The Balaban J connectivity index is 1.58. The van der Waals surface area contributed by atoms with E-state index in [0.29, 0.717) is 23.5 Å². The van der Waals surface area contributed by atoms with E-state index in [9.17, 15) is 9.59 Å². The highest BCUT2D eigenvalue weighted by Crippen LogP contribution is 2.19. The number of furan rings is 1. The number of fused-ring (bicyclic) bond motifs is 3. The first-order chi connectivity index (χ1) is 11.6. The molecule has 3 aromatic heterocycles. The zero-order valence-electron chi connectivity index (χ0n) is 13.3. The van der Waals surface area contributed by atoms with E-state index in [-0.39, 0.29) is 24.1 Å². The van der Waals surface area contributed by atoms with E-state index in [4.69, 9.17) is 9.15 Å². The van der Waals surface area contributed by atoms with Crippen molar-refractivity contribution in [1.29, 1.82) is 0 Å². The minimum absolute atomic E-state index is 0.0698. The zero-order valence-corrected chi connectivity index (χ0v) is 13.3. The first kappa shape index (κ1) is 14.9. The Morgan fingerprint density at radius 2 is 2.33 bits per heavy atom. The second kappa shape index (κ2) is 5.79. The fourth-order valence-corrected chi connectivity index (χ4v) is 3.16. The molecular weight excluding hydrogens is 312 g/mol. The summed E-state index contributed by atoms with van der Waals surface area (Å²) in [5, 5.41) is 7.06. The van der Waals surface area contributed by atoms with Gasteiger partial charge in [-0.25, -0.2) is 4.68 Å². The summed E-state index contributed by atoms with van der Waals surface area (Å²) in [6.45, 7) is 2.88. The lowest BCUT2D eigenvalue weighted by Crippen LogP contribution is -2.38. The van der Waals surface area contributed by atoms with Gasteiger partial charge in [0.2, 0.25) is 5.91 Å². The van der Waals surface area contributed by atoms with Crippen LogP contribution in [0.4, 0.5) is 0 Å². The molecule has 1 aliphatic rings. The van der Waals surface area contributed by atoms with Gasteiger partial charge >= 0.3 is 0 Å². The van der Waals surface area contributed by atoms with Crippen molar-refractivity contribution in [2.24, 2.45) is 0 Å². The number of hydrogen-bond acceptors (Lipinski definition) is 5. The highest BCUT2D eigenvalue weighted by molar-refractivity contribution is 5.82. The Morgan fingerprint density at radius 1 is 1.46 bits per heavy atom. The second-order valence-corrected chi connectivity index (χ2v) is 5.98. The van der Waals surface area contributed by atoms with Gasteiger partial charge < -0.3 is 14.5 Å². The molecule has 1 fully saturated rings. The number of carbonyl (C=O) groups is 1. The Bertz CT molecular complexity index is 962. The van der Waals surface area contributed by atoms with Gasteiger partial charge in [-0.15, -0.1) is 0 Å². The van der Waals surface area contributed by atoms with Crippen LogP contribution in [0.5, 0.6) is 0 Å². The first-order valence-corrected chi connectivity index (χ1v) is 7.98. The second-order valence-electron chi connectivity index (χ2n) is 5.98. The molecule has 0 spiro atoms. The summed E-state index contributed by atoms with van der Waals surface area (Å²) in [7, 11) is 0. The lowest BCUT2D eigenvalue weighted by molar-refractivity contribution is -0.122. The van der Waals surface area contributed by atoms with Crippen molar-refractivity contribution >= 4 is 22.5 Å². The summed E-state index contributed by atoms with van der Waals surface area (Å²) in [6.07, 6.45) is 3.61. The molecule has 0 aliphatic carbocycles. The van der Waals surface area contributed by atoms with E-state index in [2.05, 4.69) is 10.4 Å². The summed E-state index contributed by atoms with van der Waals surface area (Å²) in [6, 6.07) is 3.46. The number of hydrogen-bond donors (Lipinski definition) is 1. The normalized spacial score (nSPS) is 17.8. The van der Waals surface area contributed by atoms with Gasteiger partial charge in [-0.2, -0.15) is 5.10 Å². The minimum atomic E-state index is -0.320. The predicted molar refractivity (Wildman–Crippen MR) is 85.9 cm³/mol. The van der Waals surface area contributed by atoms with Crippen LogP contribution in [0.3, 0.4) is 0 Å². The number of carbonyl (C=O) groups excluding carboxylic acids is 1. The number of ether oxygens (including phenoxy) is 1. The van der Waals surface area contributed by atoms with Gasteiger partial charge in [0.05, 0.1) is 17.9 Å². The van der Waals surface area contributed by atoms with Crippen LogP contribution in [0.2, 0.25) is 0 Å². The standard InChI is InChI=1S/C16H18N4O4/c1-10-18-19(9-15(21)17-8-11-3-2-5-23-11)16(22)13-7-14-12(20(10)13)4-6-24-14/h4,6-7,11H,2-3,5,8-9H2,1H3,(H,17,21). The Labute approximate surface area is 137 Å². The maximum Gasteiger partial charge on any atom is 0.291 e. The lowest BCUT2D eigenvalue weighted by atomic mass is 10.2. The molecule has 1 N–H and O–H groups in total. The number of aryl methyl sites for hydroxylation is 1. The Kier molecular flexibility index (Phi) is 3.61. The molecule has 1 aliphatic heterocycles. The fourth-order valence-electron chi connectivity index (χ4n) is 3.16. The average Bonchev–Trinajstić information content (AvgIpc) is 3.26. The number of aromatic nitrogens is 3. The van der Waals surface area contributed by atoms with E-state index in [1.54, 1.807) is 29.7 Å². The maximum absolute atomic E-state index is 12.6. The van der Waals surface area contributed by atoms with Crippen LogP contribution in [-0.4, -0.2) is 39.3 Å². The van der Waals surface area contributed by atoms with Crippen LogP contribution in [0.15, 0.2) is 27.6 Å². The molecule has 8 nitrogen and oxygen atoms in total. The molecule has 4 heterocycles. The molecule has 1 amide bonds. The smallest absolute Gasteiger partial charge is 0.291 e. The molecule has 3 aromatic rings. The summed E-state index contributed by atoms with van der Waals surface area (Å²) in [5.41, 5.74) is 1.54. The molecule has 1 saturated heterocycles. The molecule has 0 saturated carbocycles. The van der Waals surface area contributed by atoms with E-state index in [0.717, 1.165) is 25.0 Å². The van der Waals surface area contributed by atoms with Crippen LogP contribution in [0, 0.1) is 6.92 Å². The van der Waals surface area contributed by atoms with Gasteiger partial charge in [-0.3, -0.25) is 14.0 Å². The molecule has 4 rings (SSSR count). The van der Waals surface area contributed by atoms with E-state index >= 15 is 0 Å². The SMILES string of the molecule is Cc1nn(CC(=O)NCC2CCCO2)c(=O)c2cc3occc3n12. The van der Waals surface area contributed by atoms with Crippen molar-refractivity contribution in [3.63, 3.8) is 0 Å². The molecule has 24 heavy (non-hydrogen) atoms. The monoisotopic (exact) mass is 330 g/mol. The van der Waals surface area contributed by atoms with Crippen LogP contribution in [0.25, 0.3) is 16.6 Å². The van der Waals surface area contributed by atoms with Crippen molar-refractivity contribution in [2.75, 3.05) is 13.2 Å². The van der Waals surface area contributed by atoms with Gasteiger partial charge in [-0.05, 0) is 19.8 Å². The molecule has 0 bridgehead atoms. The van der Waals surface area contributed by atoms with Gasteiger partial charge in [0.25, 0.3) is 5.56 Å². The summed E-state index contributed by atoms with van der Waals surface area (Å²) >= 11 is 0. The minimum Gasteiger partial charge on any atom is -0.463 e. The van der Waals surface area contributed by atoms with Crippen molar-refractivity contribution in [3.8, 4) is 0 Å². The lowest BCUT2D eigenvalue weighted by Gasteiger charge is -2.12. The van der Waals surface area contributed by atoms with Crippen LogP contribution >= 0.6 is 0 Å². The maximum atomic E-state index is 12.6. The van der Waals surface area contributed by atoms with Crippen molar-refractivity contribution in [1.82, 2.24) is 19.5 Å². The quantitative estimate of drug-likeness (QED) is 0.766. The summed E-state index contributed by atoms with van der Waals surface area (Å²) in [4.78, 5) is 24.7. The number of amides is 1. The van der Waals surface area contributed by atoms with Gasteiger partial charge in [0, 0.05) is 25.3 Å². The predicted octanol–water partition coefficient (Wildman–Crippen LogP) is 0.846. The van der Waals surface area contributed by atoms with Crippen molar-refractivity contribution in [2.45, 2.75) is 32.4 Å². The molecule has 1 unspecified atom stereocenters. The van der Waals surface area contributed by atoms with E-state index in [1.807, 2.05) is 0 Å². The molecule has 0 radical (unpaired) electrons. The first-order valence-electron chi connectivity index (χ1n) is 7.98. The van der Waals surface area contributed by atoms with Gasteiger partial charge in [0.1, 0.15) is 17.9 Å². The topological polar surface area (TPSA) is 90.8 Å². The molecular formula is C16H18N4O4. The third-order valence-corrected chi connectivity index (χ3v) is 4.31. The summed E-state index contributed by atoms with van der Waals surface area (Å²) < 4.78 is 13.7. The van der Waals surface area contributed by atoms with Crippen LogP contribution in [-0.2, 0) is 16.1 Å². The van der Waals surface area contributed by atoms with E-state index < -0.39 is 0 Å². The van der Waals surface area contributed by atoms with Gasteiger partial charge in [-0.1, -0.05) is 0 Å². The van der Waals surface area contributed by atoms with Crippen LogP contribution in [0.1, 0.15) is 18.7 Å².